The Morgan fingerprint density at radius 1 is 1.20 bits per heavy atom. The molecule has 1 aliphatic heterocycles. The topological polar surface area (TPSA) is 87.7 Å². The second-order valence-electron chi connectivity index (χ2n) is 6.19. The number of anilines is 1. The fraction of sp³-hybridized carbons (Fsp3) is 0.588. The van der Waals surface area contributed by atoms with Crippen LogP contribution in [0.25, 0.3) is 0 Å². The zero-order valence-electron chi connectivity index (χ0n) is 15.1. The van der Waals surface area contributed by atoms with E-state index >= 15 is 0 Å². The molecule has 0 radical (unpaired) electrons. The van der Waals surface area contributed by atoms with Crippen molar-refractivity contribution in [1.29, 1.82) is 0 Å². The number of amides is 1. The minimum atomic E-state index is -3.63. The van der Waals surface area contributed by atoms with Crippen LogP contribution in [0.2, 0.25) is 0 Å². The van der Waals surface area contributed by atoms with Gasteiger partial charge in [-0.15, -0.1) is 0 Å². The molecule has 0 unspecified atom stereocenters. The second kappa shape index (κ2) is 8.64. The van der Waals surface area contributed by atoms with Gasteiger partial charge in [0.1, 0.15) is 5.75 Å². The van der Waals surface area contributed by atoms with Crippen LogP contribution < -0.4 is 14.8 Å². The summed E-state index contributed by atoms with van der Waals surface area (Å²) in [5, 5.41) is 2.68. The van der Waals surface area contributed by atoms with Gasteiger partial charge in [0.2, 0.25) is 10.0 Å². The van der Waals surface area contributed by atoms with E-state index in [1.165, 1.54) is 6.07 Å². The molecule has 2 N–H and O–H groups in total. The summed E-state index contributed by atoms with van der Waals surface area (Å²) < 4.78 is 33.2. The van der Waals surface area contributed by atoms with E-state index in [0.717, 1.165) is 25.9 Å². The molecule has 0 bridgehead atoms. The number of fused-ring (bicyclic) bond motifs is 1. The van der Waals surface area contributed by atoms with Crippen molar-refractivity contribution >= 4 is 21.6 Å². The largest absolute Gasteiger partial charge is 0.482 e. The van der Waals surface area contributed by atoms with Gasteiger partial charge in [-0.3, -0.25) is 4.79 Å². The van der Waals surface area contributed by atoms with Crippen molar-refractivity contribution in [2.24, 2.45) is 0 Å². The minimum Gasteiger partial charge on any atom is -0.482 e. The minimum absolute atomic E-state index is 0.105. The van der Waals surface area contributed by atoms with Crippen LogP contribution in [0.4, 0.5) is 5.69 Å². The van der Waals surface area contributed by atoms with E-state index < -0.39 is 10.0 Å². The van der Waals surface area contributed by atoms with E-state index in [2.05, 4.69) is 28.8 Å². The van der Waals surface area contributed by atoms with Gasteiger partial charge in [0, 0.05) is 19.2 Å². The van der Waals surface area contributed by atoms with Gasteiger partial charge < -0.3 is 15.0 Å². The van der Waals surface area contributed by atoms with E-state index in [-0.39, 0.29) is 17.4 Å². The lowest BCUT2D eigenvalue weighted by Gasteiger charge is -2.22. The number of hydrogen-bond acceptors (Lipinski definition) is 5. The summed E-state index contributed by atoms with van der Waals surface area (Å²) in [5.74, 6) is 0.136. The Balaban J connectivity index is 2.08. The van der Waals surface area contributed by atoms with Gasteiger partial charge in [0.25, 0.3) is 5.91 Å². The molecular weight excluding hydrogens is 342 g/mol. The maximum absolute atomic E-state index is 12.6. The maximum Gasteiger partial charge on any atom is 0.262 e. The molecule has 0 atom stereocenters. The Morgan fingerprint density at radius 2 is 1.88 bits per heavy atom. The molecule has 140 valence electrons. The van der Waals surface area contributed by atoms with Gasteiger partial charge in [-0.1, -0.05) is 13.8 Å². The molecule has 2 rings (SSSR count). The molecule has 0 aromatic heterocycles. The summed E-state index contributed by atoms with van der Waals surface area (Å²) >= 11 is 0. The van der Waals surface area contributed by atoms with Crippen molar-refractivity contribution in [3.8, 4) is 5.75 Å². The van der Waals surface area contributed by atoms with Crippen LogP contribution in [0, 0.1) is 6.92 Å². The number of nitrogens with one attached hydrogen (secondary N) is 2. The number of ether oxygens (including phenoxy) is 1. The lowest BCUT2D eigenvalue weighted by atomic mass is 10.2. The van der Waals surface area contributed by atoms with E-state index in [1.54, 1.807) is 13.0 Å². The van der Waals surface area contributed by atoms with Crippen LogP contribution in [0.3, 0.4) is 0 Å². The van der Waals surface area contributed by atoms with Crippen LogP contribution in [-0.4, -0.2) is 52.0 Å². The van der Waals surface area contributed by atoms with Gasteiger partial charge in [-0.2, -0.15) is 0 Å². The Morgan fingerprint density at radius 3 is 2.52 bits per heavy atom. The molecule has 1 amide bonds. The molecule has 25 heavy (non-hydrogen) atoms. The summed E-state index contributed by atoms with van der Waals surface area (Å²) in [6.07, 6.45) is 2.08. The monoisotopic (exact) mass is 369 g/mol. The Labute approximate surface area is 149 Å². The van der Waals surface area contributed by atoms with Gasteiger partial charge in [-0.25, -0.2) is 13.1 Å². The first kappa shape index (κ1) is 19.7. The van der Waals surface area contributed by atoms with Gasteiger partial charge in [-0.05, 0) is 44.5 Å². The molecule has 8 heteroatoms. The van der Waals surface area contributed by atoms with Crippen molar-refractivity contribution < 1.29 is 17.9 Å². The fourth-order valence-corrected chi connectivity index (χ4v) is 4.15. The van der Waals surface area contributed by atoms with Crippen LogP contribution >= 0.6 is 0 Å². The van der Waals surface area contributed by atoms with Crippen molar-refractivity contribution in [3.05, 3.63) is 17.7 Å². The Kier molecular flexibility index (Phi) is 6.80. The number of rotatable bonds is 9. The quantitative estimate of drug-likeness (QED) is 0.692. The van der Waals surface area contributed by atoms with Gasteiger partial charge in [0.05, 0.1) is 10.6 Å². The predicted octanol–water partition coefficient (Wildman–Crippen LogP) is 1.73. The molecule has 1 aromatic carbocycles. The Hall–Kier alpha value is -1.64. The molecule has 0 spiro atoms. The normalized spacial score (nSPS) is 14.2. The highest BCUT2D eigenvalue weighted by atomic mass is 32.2. The second-order valence-corrected chi connectivity index (χ2v) is 7.93. The zero-order chi connectivity index (χ0) is 18.4. The molecule has 1 aliphatic rings. The highest BCUT2D eigenvalue weighted by molar-refractivity contribution is 7.89. The average molecular weight is 369 g/mol. The van der Waals surface area contributed by atoms with E-state index in [9.17, 15) is 13.2 Å². The third-order valence-corrected chi connectivity index (χ3v) is 5.60. The summed E-state index contributed by atoms with van der Waals surface area (Å²) in [5.41, 5.74) is 1.07. The van der Waals surface area contributed by atoms with Crippen molar-refractivity contribution in [2.75, 3.05) is 38.1 Å². The lowest BCUT2D eigenvalue weighted by molar-refractivity contribution is -0.118. The molecule has 1 aromatic rings. The number of hydrogen-bond donors (Lipinski definition) is 2. The summed E-state index contributed by atoms with van der Waals surface area (Å²) in [6.45, 7) is 8.78. The van der Waals surface area contributed by atoms with E-state index in [4.69, 9.17) is 4.74 Å². The zero-order valence-corrected chi connectivity index (χ0v) is 15.9. The first-order valence-electron chi connectivity index (χ1n) is 8.66. The maximum atomic E-state index is 12.6. The van der Waals surface area contributed by atoms with Crippen LogP contribution in [-0.2, 0) is 14.8 Å². The molecule has 0 saturated heterocycles. The number of sulfonamides is 1. The highest BCUT2D eigenvalue weighted by Crippen LogP contribution is 2.32. The number of carbonyl (C=O) groups excluding carboxylic acids is 1. The molecular formula is C17H27N3O4S. The third-order valence-electron chi connectivity index (χ3n) is 4.00. The van der Waals surface area contributed by atoms with Crippen molar-refractivity contribution in [3.63, 3.8) is 0 Å². The van der Waals surface area contributed by atoms with Crippen LogP contribution in [0.5, 0.6) is 5.75 Å². The molecule has 7 nitrogen and oxygen atoms in total. The molecule has 0 aliphatic carbocycles. The molecule has 1 heterocycles. The first-order valence-corrected chi connectivity index (χ1v) is 10.1. The number of carbonyl (C=O) groups is 1. The van der Waals surface area contributed by atoms with Gasteiger partial charge in [0.15, 0.2) is 6.61 Å². The lowest BCUT2D eigenvalue weighted by Crippen LogP contribution is -2.36. The number of aryl methyl sites for hydroxylation is 1. The Bertz CT molecular complexity index is 713. The average Bonchev–Trinajstić information content (AvgIpc) is 2.54. The first-order chi connectivity index (χ1) is 11.9. The van der Waals surface area contributed by atoms with E-state index in [1.807, 2.05) is 0 Å². The smallest absolute Gasteiger partial charge is 0.262 e. The third kappa shape index (κ3) is 5.17. The van der Waals surface area contributed by atoms with Crippen molar-refractivity contribution in [1.82, 2.24) is 9.62 Å². The predicted molar refractivity (Wildman–Crippen MR) is 97.5 cm³/mol. The highest BCUT2D eigenvalue weighted by Gasteiger charge is 2.23. The van der Waals surface area contributed by atoms with Crippen LogP contribution in [0.15, 0.2) is 17.0 Å². The molecule has 0 fully saturated rings. The number of benzene rings is 1. The van der Waals surface area contributed by atoms with E-state index in [0.29, 0.717) is 30.1 Å². The van der Waals surface area contributed by atoms with Crippen molar-refractivity contribution in [2.45, 2.75) is 38.5 Å². The summed E-state index contributed by atoms with van der Waals surface area (Å²) in [6, 6.07) is 3.10. The fourth-order valence-electron chi connectivity index (χ4n) is 2.89. The molecule has 0 saturated carbocycles. The van der Waals surface area contributed by atoms with Crippen LogP contribution in [0.1, 0.15) is 32.3 Å². The standard InChI is InChI=1S/C17H27N3O4S/c1-4-7-20(8-5-2)9-6-18-25(22,23)16-11-15-14(10-13(16)3)19-17(21)12-24-15/h10-11,18H,4-9,12H2,1-3H3,(H,19,21). The summed E-state index contributed by atoms with van der Waals surface area (Å²) in [4.78, 5) is 13.8. The SMILES string of the molecule is CCCN(CCC)CCNS(=O)(=O)c1cc2c(cc1C)NC(=O)CO2. The summed E-state index contributed by atoms with van der Waals surface area (Å²) in [7, 11) is -3.63. The number of nitrogens with zero attached hydrogens (tertiary/aromatic N) is 1. The van der Waals surface area contributed by atoms with Gasteiger partial charge >= 0.3 is 0 Å².